The van der Waals surface area contributed by atoms with Crippen molar-refractivity contribution in [3.63, 3.8) is 0 Å². The summed E-state index contributed by atoms with van der Waals surface area (Å²) >= 11 is 2.18. The highest BCUT2D eigenvalue weighted by molar-refractivity contribution is 14.1. The third-order valence-electron chi connectivity index (χ3n) is 2.72. The van der Waals surface area contributed by atoms with E-state index in [0.717, 1.165) is 22.6 Å². The number of aryl methyl sites for hydroxylation is 1. The molecule has 0 unspecified atom stereocenters. The average Bonchev–Trinajstić information content (AvgIpc) is 2.75. The van der Waals surface area contributed by atoms with Gasteiger partial charge in [0, 0.05) is 12.2 Å². The molecule has 18 heavy (non-hydrogen) atoms. The van der Waals surface area contributed by atoms with Crippen molar-refractivity contribution in [2.45, 2.75) is 13.5 Å². The molecule has 1 aromatic heterocycles. The lowest BCUT2D eigenvalue weighted by Gasteiger charge is -2.22. The molecular weight excluding hydrogens is 337 g/mol. The third kappa shape index (κ3) is 3.38. The van der Waals surface area contributed by atoms with Gasteiger partial charge in [0.15, 0.2) is 3.77 Å². The van der Waals surface area contributed by atoms with Crippen LogP contribution >= 0.6 is 22.6 Å². The van der Waals surface area contributed by atoms with Gasteiger partial charge < -0.3 is 9.32 Å². The Morgan fingerprint density at radius 2 is 1.94 bits per heavy atom. The lowest BCUT2D eigenvalue weighted by molar-refractivity contribution is 0.482. The van der Waals surface area contributed by atoms with Gasteiger partial charge in [-0.25, -0.2) is 0 Å². The molecule has 0 N–H and O–H groups in total. The quantitative estimate of drug-likeness (QED) is 0.586. The summed E-state index contributed by atoms with van der Waals surface area (Å²) in [6.07, 6.45) is 1.91. The molecule has 1 aromatic carbocycles. The first kappa shape index (κ1) is 13.2. The maximum atomic E-state index is 5.62. The second kappa shape index (κ2) is 6.09. The highest BCUT2D eigenvalue weighted by atomic mass is 127. The Morgan fingerprint density at radius 1 is 1.22 bits per heavy atom. The van der Waals surface area contributed by atoms with E-state index in [1.165, 1.54) is 11.3 Å². The van der Waals surface area contributed by atoms with Crippen LogP contribution in [0.3, 0.4) is 0 Å². The summed E-state index contributed by atoms with van der Waals surface area (Å²) in [5, 5.41) is 0. The number of nitrogens with zero attached hydrogens (tertiary/aromatic N) is 1. The van der Waals surface area contributed by atoms with Gasteiger partial charge in [-0.15, -0.1) is 6.58 Å². The van der Waals surface area contributed by atoms with E-state index < -0.39 is 0 Å². The summed E-state index contributed by atoms with van der Waals surface area (Å²) in [6.45, 7) is 7.48. The standard InChI is InChI=1S/C15H16INO/c1-3-10-17(11-14-8-9-15(16)18-14)13-6-4-12(2)5-7-13/h3-9H,1,10-11H2,2H3. The molecule has 2 rings (SSSR count). The molecule has 0 atom stereocenters. The van der Waals surface area contributed by atoms with Crippen molar-refractivity contribution in [3.8, 4) is 0 Å². The summed E-state index contributed by atoms with van der Waals surface area (Å²) in [7, 11) is 0. The van der Waals surface area contributed by atoms with E-state index in [-0.39, 0.29) is 0 Å². The molecule has 0 saturated heterocycles. The van der Waals surface area contributed by atoms with Gasteiger partial charge in [-0.2, -0.15) is 0 Å². The van der Waals surface area contributed by atoms with Gasteiger partial charge in [0.2, 0.25) is 0 Å². The number of halogens is 1. The minimum Gasteiger partial charge on any atom is -0.453 e. The van der Waals surface area contributed by atoms with Crippen LogP contribution in [0.2, 0.25) is 0 Å². The smallest absolute Gasteiger partial charge is 0.164 e. The Bertz CT molecular complexity index is 516. The van der Waals surface area contributed by atoms with Crippen molar-refractivity contribution in [2.24, 2.45) is 0 Å². The molecule has 0 amide bonds. The summed E-state index contributed by atoms with van der Waals surface area (Å²) in [6, 6.07) is 12.5. The Balaban J connectivity index is 2.17. The Labute approximate surface area is 121 Å². The number of hydrogen-bond donors (Lipinski definition) is 0. The zero-order chi connectivity index (χ0) is 13.0. The lowest BCUT2D eigenvalue weighted by atomic mass is 10.2. The number of anilines is 1. The number of benzene rings is 1. The van der Waals surface area contributed by atoms with E-state index in [1.54, 1.807) is 0 Å². The first-order valence-corrected chi connectivity index (χ1v) is 6.93. The van der Waals surface area contributed by atoms with E-state index in [1.807, 2.05) is 18.2 Å². The molecule has 0 radical (unpaired) electrons. The largest absolute Gasteiger partial charge is 0.453 e. The molecule has 0 fully saturated rings. The van der Waals surface area contributed by atoms with Crippen LogP contribution in [0.25, 0.3) is 0 Å². The van der Waals surface area contributed by atoms with Gasteiger partial charge in [-0.05, 0) is 53.8 Å². The molecule has 3 heteroatoms. The zero-order valence-electron chi connectivity index (χ0n) is 10.4. The Kier molecular flexibility index (Phi) is 4.47. The van der Waals surface area contributed by atoms with Crippen LogP contribution in [0.4, 0.5) is 5.69 Å². The van der Waals surface area contributed by atoms with E-state index in [9.17, 15) is 0 Å². The maximum absolute atomic E-state index is 5.62. The zero-order valence-corrected chi connectivity index (χ0v) is 12.6. The van der Waals surface area contributed by atoms with Crippen molar-refractivity contribution in [3.05, 3.63) is 64.1 Å². The molecule has 2 nitrogen and oxygen atoms in total. The van der Waals surface area contributed by atoms with Crippen LogP contribution in [0.1, 0.15) is 11.3 Å². The van der Waals surface area contributed by atoms with Crippen molar-refractivity contribution in [1.82, 2.24) is 0 Å². The number of hydrogen-bond acceptors (Lipinski definition) is 2. The molecule has 0 bridgehead atoms. The maximum Gasteiger partial charge on any atom is 0.164 e. The van der Waals surface area contributed by atoms with Crippen molar-refractivity contribution >= 4 is 28.3 Å². The number of rotatable bonds is 5. The molecule has 0 aliphatic rings. The van der Waals surface area contributed by atoms with Crippen molar-refractivity contribution < 1.29 is 4.42 Å². The van der Waals surface area contributed by atoms with Gasteiger partial charge in [-0.1, -0.05) is 23.8 Å². The molecular formula is C15H16INO. The highest BCUT2D eigenvalue weighted by Crippen LogP contribution is 2.19. The fourth-order valence-electron chi connectivity index (χ4n) is 1.80. The van der Waals surface area contributed by atoms with Gasteiger partial charge in [0.05, 0.1) is 6.54 Å². The highest BCUT2D eigenvalue weighted by Gasteiger charge is 2.08. The van der Waals surface area contributed by atoms with E-state index in [4.69, 9.17) is 4.42 Å². The summed E-state index contributed by atoms with van der Waals surface area (Å²) in [4.78, 5) is 2.24. The SMILES string of the molecule is C=CCN(Cc1ccc(I)o1)c1ccc(C)cc1. The predicted octanol–water partition coefficient (Wildman–Crippen LogP) is 4.39. The second-order valence-corrected chi connectivity index (χ2v) is 5.27. The van der Waals surface area contributed by atoms with Crippen LogP contribution in [0.15, 0.2) is 53.5 Å². The molecule has 1 heterocycles. The van der Waals surface area contributed by atoms with Crippen LogP contribution in [0, 0.1) is 10.7 Å². The van der Waals surface area contributed by atoms with Gasteiger partial charge >= 0.3 is 0 Å². The first-order chi connectivity index (χ1) is 8.69. The minimum absolute atomic E-state index is 0.762. The predicted molar refractivity (Wildman–Crippen MR) is 83.9 cm³/mol. The second-order valence-electron chi connectivity index (χ2n) is 4.21. The Morgan fingerprint density at radius 3 is 2.50 bits per heavy atom. The first-order valence-electron chi connectivity index (χ1n) is 5.86. The normalized spacial score (nSPS) is 10.3. The third-order valence-corrected chi connectivity index (χ3v) is 3.30. The molecule has 0 aliphatic carbocycles. The summed E-state index contributed by atoms with van der Waals surface area (Å²) in [5.74, 6) is 0.974. The van der Waals surface area contributed by atoms with Crippen molar-refractivity contribution in [1.29, 1.82) is 0 Å². The van der Waals surface area contributed by atoms with Gasteiger partial charge in [0.1, 0.15) is 5.76 Å². The minimum atomic E-state index is 0.762. The van der Waals surface area contributed by atoms with Crippen LogP contribution in [0.5, 0.6) is 0 Å². The Hall–Kier alpha value is -1.23. The molecule has 0 spiro atoms. The molecule has 0 aliphatic heterocycles. The summed E-state index contributed by atoms with van der Waals surface area (Å²) < 4.78 is 6.54. The van der Waals surface area contributed by atoms with Gasteiger partial charge in [-0.3, -0.25) is 0 Å². The molecule has 2 aromatic rings. The summed E-state index contributed by atoms with van der Waals surface area (Å²) in [5.41, 5.74) is 2.46. The van der Waals surface area contributed by atoms with Crippen LogP contribution in [-0.4, -0.2) is 6.54 Å². The fraction of sp³-hybridized carbons (Fsp3) is 0.200. The topological polar surface area (TPSA) is 16.4 Å². The average molecular weight is 353 g/mol. The van der Waals surface area contributed by atoms with E-state index in [0.29, 0.717) is 0 Å². The fourth-order valence-corrected chi connectivity index (χ4v) is 2.26. The molecule has 94 valence electrons. The van der Waals surface area contributed by atoms with Crippen molar-refractivity contribution in [2.75, 3.05) is 11.4 Å². The molecule has 0 saturated carbocycles. The van der Waals surface area contributed by atoms with E-state index in [2.05, 4.69) is 65.3 Å². The monoisotopic (exact) mass is 353 g/mol. The van der Waals surface area contributed by atoms with Crippen LogP contribution in [-0.2, 0) is 6.54 Å². The van der Waals surface area contributed by atoms with Gasteiger partial charge in [0.25, 0.3) is 0 Å². The number of furan rings is 1. The van der Waals surface area contributed by atoms with Crippen LogP contribution < -0.4 is 4.90 Å². The van der Waals surface area contributed by atoms with E-state index >= 15 is 0 Å². The lowest BCUT2D eigenvalue weighted by Crippen LogP contribution is -2.22.